The van der Waals surface area contributed by atoms with Crippen molar-refractivity contribution in [2.24, 2.45) is 0 Å². The van der Waals surface area contributed by atoms with Crippen molar-refractivity contribution in [3.8, 4) is 5.75 Å². The van der Waals surface area contributed by atoms with Crippen molar-refractivity contribution >= 4 is 11.6 Å². The maximum atomic E-state index is 12.5. The minimum absolute atomic E-state index is 0.197. The van der Waals surface area contributed by atoms with E-state index in [-0.39, 0.29) is 5.91 Å². The van der Waals surface area contributed by atoms with Crippen molar-refractivity contribution in [3.05, 3.63) is 41.2 Å². The van der Waals surface area contributed by atoms with Crippen LogP contribution in [-0.4, -0.2) is 29.3 Å². The largest absolute Gasteiger partial charge is 0.494 e. The van der Waals surface area contributed by atoms with Crippen molar-refractivity contribution < 1.29 is 9.53 Å². The molecular formula is C17H22N4O2. The van der Waals surface area contributed by atoms with Crippen LogP contribution >= 0.6 is 0 Å². The second-order valence-corrected chi connectivity index (χ2v) is 5.64. The van der Waals surface area contributed by atoms with Gasteiger partial charge in [0.1, 0.15) is 5.75 Å². The first kappa shape index (κ1) is 15.6. The number of unbranched alkanes of at least 4 members (excludes halogenated alkanes) is 1. The molecule has 0 unspecified atom stereocenters. The van der Waals surface area contributed by atoms with Crippen molar-refractivity contribution in [2.75, 3.05) is 18.5 Å². The molecule has 3 N–H and O–H groups in total. The lowest BCUT2D eigenvalue weighted by atomic mass is 10.1. The normalized spacial score (nSPS) is 13.4. The van der Waals surface area contributed by atoms with Crippen LogP contribution in [0.1, 0.15) is 41.5 Å². The van der Waals surface area contributed by atoms with Crippen LogP contribution in [0.4, 0.5) is 5.69 Å². The number of nitrogens with one attached hydrogen (secondary N) is 3. The van der Waals surface area contributed by atoms with Gasteiger partial charge in [-0.1, -0.05) is 19.4 Å². The molecule has 2 aromatic rings. The first-order chi connectivity index (χ1) is 11.3. The van der Waals surface area contributed by atoms with Crippen LogP contribution in [0.2, 0.25) is 0 Å². The highest BCUT2D eigenvalue weighted by Crippen LogP contribution is 2.20. The van der Waals surface area contributed by atoms with E-state index in [2.05, 4.69) is 27.8 Å². The lowest BCUT2D eigenvalue weighted by Crippen LogP contribution is -2.25. The van der Waals surface area contributed by atoms with Crippen molar-refractivity contribution in [3.63, 3.8) is 0 Å². The molecule has 0 bridgehead atoms. The number of nitrogens with zero attached hydrogens (tertiary/aromatic N) is 1. The van der Waals surface area contributed by atoms with Crippen LogP contribution in [0, 0.1) is 0 Å². The molecule has 1 amide bonds. The fourth-order valence-corrected chi connectivity index (χ4v) is 2.60. The number of aromatic amines is 1. The van der Waals surface area contributed by atoms with Crippen LogP contribution in [0.5, 0.6) is 5.75 Å². The molecule has 1 aliphatic heterocycles. The Balaban J connectivity index is 1.68. The molecule has 0 aliphatic carbocycles. The molecule has 6 nitrogen and oxygen atoms in total. The first-order valence-electron chi connectivity index (χ1n) is 8.09. The van der Waals surface area contributed by atoms with E-state index in [1.807, 2.05) is 24.3 Å². The van der Waals surface area contributed by atoms with E-state index in [0.29, 0.717) is 24.5 Å². The number of carbonyl (C=O) groups excluding carboxylic acids is 1. The van der Waals surface area contributed by atoms with Gasteiger partial charge in [0.05, 0.1) is 6.61 Å². The maximum Gasteiger partial charge on any atom is 0.276 e. The average molecular weight is 314 g/mol. The average Bonchev–Trinajstić information content (AvgIpc) is 3.00. The van der Waals surface area contributed by atoms with E-state index in [0.717, 1.165) is 42.8 Å². The SMILES string of the molecule is CCCCOc1cccc(NC(=O)c2n[nH]c3c2CNCC3)c1. The Morgan fingerprint density at radius 3 is 3.22 bits per heavy atom. The molecule has 0 spiro atoms. The van der Waals surface area contributed by atoms with Crippen LogP contribution in [0.15, 0.2) is 24.3 Å². The van der Waals surface area contributed by atoms with Crippen LogP contribution < -0.4 is 15.4 Å². The molecule has 0 saturated carbocycles. The predicted octanol–water partition coefficient (Wildman–Crippen LogP) is 2.49. The Labute approximate surface area is 135 Å². The number of benzene rings is 1. The number of fused-ring (bicyclic) bond motifs is 1. The third-order valence-corrected chi connectivity index (χ3v) is 3.88. The standard InChI is InChI=1S/C17H22N4O2/c1-2-3-9-23-13-6-4-5-12(10-13)19-17(22)16-14-11-18-8-7-15(14)20-21-16/h4-6,10,18H,2-3,7-9,11H2,1H3,(H,19,22)(H,20,21). The Hall–Kier alpha value is -2.34. The van der Waals surface area contributed by atoms with E-state index in [9.17, 15) is 4.79 Å². The maximum absolute atomic E-state index is 12.5. The van der Waals surface area contributed by atoms with Gasteiger partial charge in [-0.15, -0.1) is 0 Å². The highest BCUT2D eigenvalue weighted by Gasteiger charge is 2.21. The zero-order chi connectivity index (χ0) is 16.1. The molecule has 0 atom stereocenters. The number of aromatic nitrogens is 2. The number of anilines is 1. The Morgan fingerprint density at radius 1 is 1.43 bits per heavy atom. The summed E-state index contributed by atoms with van der Waals surface area (Å²) in [6.45, 7) is 4.40. The van der Waals surface area contributed by atoms with Crippen LogP contribution in [0.25, 0.3) is 0 Å². The Kier molecular flexibility index (Phi) is 4.92. The highest BCUT2D eigenvalue weighted by atomic mass is 16.5. The van der Waals surface area contributed by atoms with Gasteiger partial charge in [-0.3, -0.25) is 9.89 Å². The van der Waals surface area contributed by atoms with E-state index >= 15 is 0 Å². The summed E-state index contributed by atoms with van der Waals surface area (Å²) in [6.07, 6.45) is 2.98. The summed E-state index contributed by atoms with van der Waals surface area (Å²) in [6, 6.07) is 7.46. The molecule has 0 fully saturated rings. The van der Waals surface area contributed by atoms with Crippen molar-refractivity contribution in [1.82, 2.24) is 15.5 Å². The van der Waals surface area contributed by atoms with E-state index in [4.69, 9.17) is 4.74 Å². The van der Waals surface area contributed by atoms with Gasteiger partial charge >= 0.3 is 0 Å². The molecule has 0 saturated heterocycles. The zero-order valence-corrected chi connectivity index (χ0v) is 13.3. The highest BCUT2D eigenvalue weighted by molar-refractivity contribution is 6.04. The van der Waals surface area contributed by atoms with Gasteiger partial charge in [-0.25, -0.2) is 0 Å². The number of amides is 1. The summed E-state index contributed by atoms with van der Waals surface area (Å²) in [5.41, 5.74) is 3.18. The topological polar surface area (TPSA) is 79.0 Å². The molecule has 1 aromatic carbocycles. The lowest BCUT2D eigenvalue weighted by molar-refractivity contribution is 0.102. The fraction of sp³-hybridized carbons (Fsp3) is 0.412. The van der Waals surface area contributed by atoms with E-state index in [1.54, 1.807) is 0 Å². The van der Waals surface area contributed by atoms with Gasteiger partial charge < -0.3 is 15.4 Å². The fourth-order valence-electron chi connectivity index (χ4n) is 2.60. The number of H-pyrrole nitrogens is 1. The molecule has 122 valence electrons. The molecule has 23 heavy (non-hydrogen) atoms. The van der Waals surface area contributed by atoms with Crippen molar-refractivity contribution in [2.45, 2.75) is 32.7 Å². The van der Waals surface area contributed by atoms with Crippen LogP contribution in [-0.2, 0) is 13.0 Å². The molecule has 1 aromatic heterocycles. The quantitative estimate of drug-likeness (QED) is 0.716. The monoisotopic (exact) mass is 314 g/mol. The van der Waals surface area contributed by atoms with Crippen LogP contribution in [0.3, 0.4) is 0 Å². The molecule has 2 heterocycles. The van der Waals surface area contributed by atoms with Gasteiger partial charge in [0.25, 0.3) is 5.91 Å². The van der Waals surface area contributed by atoms with Gasteiger partial charge in [0, 0.05) is 42.5 Å². The van der Waals surface area contributed by atoms with Gasteiger partial charge in [0.2, 0.25) is 0 Å². The molecule has 0 radical (unpaired) electrons. The second-order valence-electron chi connectivity index (χ2n) is 5.64. The van der Waals surface area contributed by atoms with Gasteiger partial charge in [-0.05, 0) is 18.6 Å². The summed E-state index contributed by atoms with van der Waals surface area (Å²) in [5.74, 6) is 0.568. The second kappa shape index (κ2) is 7.28. The number of hydrogen-bond donors (Lipinski definition) is 3. The lowest BCUT2D eigenvalue weighted by Gasteiger charge is -2.13. The smallest absolute Gasteiger partial charge is 0.276 e. The zero-order valence-electron chi connectivity index (χ0n) is 13.3. The minimum atomic E-state index is -0.197. The van der Waals surface area contributed by atoms with Gasteiger partial charge in [-0.2, -0.15) is 5.10 Å². The first-order valence-corrected chi connectivity index (χ1v) is 8.09. The van der Waals surface area contributed by atoms with Crippen molar-refractivity contribution in [1.29, 1.82) is 0 Å². The number of rotatable bonds is 6. The summed E-state index contributed by atoms with van der Waals surface area (Å²) >= 11 is 0. The summed E-state index contributed by atoms with van der Waals surface area (Å²) < 4.78 is 5.67. The molecule has 3 rings (SSSR count). The number of carbonyl (C=O) groups is 1. The summed E-state index contributed by atoms with van der Waals surface area (Å²) in [5, 5.41) is 13.3. The number of ether oxygens (including phenoxy) is 1. The summed E-state index contributed by atoms with van der Waals surface area (Å²) in [4.78, 5) is 12.5. The predicted molar refractivity (Wildman–Crippen MR) is 88.8 cm³/mol. The minimum Gasteiger partial charge on any atom is -0.494 e. The summed E-state index contributed by atoms with van der Waals surface area (Å²) in [7, 11) is 0. The van der Waals surface area contributed by atoms with Gasteiger partial charge in [0.15, 0.2) is 5.69 Å². The molecule has 6 heteroatoms. The third kappa shape index (κ3) is 3.71. The Bertz CT molecular complexity index is 681. The molecular weight excluding hydrogens is 292 g/mol. The molecule has 1 aliphatic rings. The third-order valence-electron chi connectivity index (χ3n) is 3.88. The Morgan fingerprint density at radius 2 is 2.35 bits per heavy atom. The van der Waals surface area contributed by atoms with E-state index in [1.165, 1.54) is 0 Å². The number of hydrogen-bond acceptors (Lipinski definition) is 4. The van der Waals surface area contributed by atoms with E-state index < -0.39 is 0 Å².